The first-order valence-corrected chi connectivity index (χ1v) is 17.2. The van der Waals surface area contributed by atoms with Gasteiger partial charge in [-0.05, 0) is 106 Å². The Morgan fingerprint density at radius 3 is 1.92 bits per heavy atom. The van der Waals surface area contributed by atoms with E-state index in [-0.39, 0.29) is 29.9 Å². The van der Waals surface area contributed by atoms with Crippen molar-refractivity contribution in [1.29, 1.82) is 0 Å². The van der Waals surface area contributed by atoms with E-state index in [0.29, 0.717) is 49.4 Å². The van der Waals surface area contributed by atoms with E-state index in [0.717, 1.165) is 75.5 Å². The monoisotopic (exact) mass is 660 g/mol. The minimum absolute atomic E-state index is 0.0286. The maximum absolute atomic E-state index is 12.1. The van der Waals surface area contributed by atoms with Gasteiger partial charge in [-0.1, -0.05) is 55.3 Å². The van der Waals surface area contributed by atoms with Crippen LogP contribution in [0.15, 0.2) is 60.7 Å². The van der Waals surface area contributed by atoms with E-state index in [1.807, 2.05) is 36.4 Å². The van der Waals surface area contributed by atoms with Crippen LogP contribution in [0.2, 0.25) is 0 Å². The molecule has 8 heteroatoms. The number of methoxy groups -OCH3 is 2. The van der Waals surface area contributed by atoms with E-state index >= 15 is 0 Å². The van der Waals surface area contributed by atoms with Crippen molar-refractivity contribution < 1.29 is 38.4 Å². The number of phenolic OH excluding ortho intramolecular Hbond substituents is 1. The van der Waals surface area contributed by atoms with Crippen LogP contribution in [-0.4, -0.2) is 50.3 Å². The highest BCUT2D eigenvalue weighted by atomic mass is 16.5. The highest BCUT2D eigenvalue weighted by Crippen LogP contribution is 2.33. The van der Waals surface area contributed by atoms with Crippen LogP contribution in [0.25, 0.3) is 0 Å². The average Bonchev–Trinajstić information content (AvgIpc) is 3.09. The Kier molecular flexibility index (Phi) is 17.1. The summed E-state index contributed by atoms with van der Waals surface area (Å²) in [4.78, 5) is 35.3. The van der Waals surface area contributed by atoms with Crippen LogP contribution in [0.5, 0.6) is 17.2 Å². The van der Waals surface area contributed by atoms with Crippen LogP contribution in [0.4, 0.5) is 0 Å². The summed E-state index contributed by atoms with van der Waals surface area (Å²) in [6.45, 7) is 2.53. The fourth-order valence-electron chi connectivity index (χ4n) is 5.77. The van der Waals surface area contributed by atoms with Gasteiger partial charge in [0, 0.05) is 18.4 Å². The highest BCUT2D eigenvalue weighted by molar-refractivity contribution is 5.97. The molecule has 0 saturated heterocycles. The van der Waals surface area contributed by atoms with E-state index in [9.17, 15) is 19.5 Å². The fourth-order valence-corrected chi connectivity index (χ4v) is 5.77. The van der Waals surface area contributed by atoms with Crippen molar-refractivity contribution in [3.63, 3.8) is 0 Å². The van der Waals surface area contributed by atoms with Crippen LogP contribution >= 0.6 is 0 Å². The predicted octanol–water partition coefficient (Wildman–Crippen LogP) is 8.17. The summed E-state index contributed by atoms with van der Waals surface area (Å²) in [5.41, 5.74) is 4.49. The number of phenols is 1. The van der Waals surface area contributed by atoms with Crippen LogP contribution in [0.3, 0.4) is 0 Å². The first-order chi connectivity index (χ1) is 23.3. The lowest BCUT2D eigenvalue weighted by molar-refractivity contribution is -0.141. The summed E-state index contributed by atoms with van der Waals surface area (Å²) < 4.78 is 21.9. The zero-order valence-corrected chi connectivity index (χ0v) is 28.9. The Morgan fingerprint density at radius 2 is 1.23 bits per heavy atom. The van der Waals surface area contributed by atoms with Gasteiger partial charge in [-0.3, -0.25) is 14.4 Å². The van der Waals surface area contributed by atoms with Gasteiger partial charge >= 0.3 is 11.9 Å². The highest BCUT2D eigenvalue weighted by Gasteiger charge is 2.17. The van der Waals surface area contributed by atoms with Crippen molar-refractivity contribution in [2.75, 3.05) is 27.4 Å². The van der Waals surface area contributed by atoms with Crippen LogP contribution < -0.4 is 9.47 Å². The third-order valence-electron chi connectivity index (χ3n) is 8.50. The van der Waals surface area contributed by atoms with Gasteiger partial charge in [-0.15, -0.1) is 0 Å². The summed E-state index contributed by atoms with van der Waals surface area (Å²) in [5.74, 6) is 0.864. The summed E-state index contributed by atoms with van der Waals surface area (Å²) >= 11 is 0. The summed E-state index contributed by atoms with van der Waals surface area (Å²) in [5, 5.41) is 10.9. The van der Waals surface area contributed by atoms with Crippen molar-refractivity contribution in [2.45, 2.75) is 96.8 Å². The minimum Gasteiger partial charge on any atom is -0.507 e. The molecule has 0 atom stereocenters. The predicted molar refractivity (Wildman–Crippen MR) is 187 cm³/mol. The molecular weight excluding hydrogens is 608 g/mol. The summed E-state index contributed by atoms with van der Waals surface area (Å²) in [6, 6.07) is 19.7. The van der Waals surface area contributed by atoms with E-state index in [2.05, 4.69) is 18.2 Å². The molecule has 0 unspecified atom stereocenters. The Morgan fingerprint density at radius 1 is 0.583 bits per heavy atom. The molecule has 0 saturated carbocycles. The Bertz CT molecular complexity index is 1430. The topological polar surface area (TPSA) is 108 Å². The first-order valence-electron chi connectivity index (χ1n) is 17.2. The molecule has 3 aromatic rings. The Labute approximate surface area is 285 Å². The number of benzene rings is 3. The van der Waals surface area contributed by atoms with Gasteiger partial charge in [0.15, 0.2) is 5.78 Å². The first kappa shape index (κ1) is 38.1. The van der Waals surface area contributed by atoms with Crippen molar-refractivity contribution in [2.24, 2.45) is 0 Å². The third kappa shape index (κ3) is 13.1. The maximum Gasteiger partial charge on any atom is 0.305 e. The molecular formula is C40H52O8. The van der Waals surface area contributed by atoms with E-state index < -0.39 is 0 Å². The molecule has 0 amide bonds. The molecule has 3 rings (SSSR count). The quantitative estimate of drug-likeness (QED) is 0.0617. The number of rotatable bonds is 23. The smallest absolute Gasteiger partial charge is 0.305 e. The number of carbonyl (C=O) groups is 3. The molecule has 0 heterocycles. The maximum atomic E-state index is 12.1. The molecule has 0 fully saturated rings. The second kappa shape index (κ2) is 21.5. The molecule has 1 N–H and O–H groups in total. The number of aryl methyl sites for hydroxylation is 2. The second-order valence-electron chi connectivity index (χ2n) is 12.1. The normalized spacial score (nSPS) is 10.8. The zero-order chi connectivity index (χ0) is 34.6. The summed E-state index contributed by atoms with van der Waals surface area (Å²) in [7, 11) is 2.81. The molecule has 3 aromatic carbocycles. The molecule has 0 spiro atoms. The zero-order valence-electron chi connectivity index (χ0n) is 28.9. The van der Waals surface area contributed by atoms with Crippen molar-refractivity contribution in [1.82, 2.24) is 0 Å². The van der Waals surface area contributed by atoms with Gasteiger partial charge in [-0.25, -0.2) is 0 Å². The molecule has 48 heavy (non-hydrogen) atoms. The molecule has 0 aromatic heterocycles. The van der Waals surface area contributed by atoms with Gasteiger partial charge in [0.25, 0.3) is 0 Å². The number of Topliss-reactive ketones (excluding diaryl/α,β-unsaturated/α-hetero) is 1. The molecule has 0 radical (unpaired) electrons. The van der Waals surface area contributed by atoms with Crippen molar-refractivity contribution >= 4 is 17.7 Å². The lowest BCUT2D eigenvalue weighted by atomic mass is 9.96. The van der Waals surface area contributed by atoms with E-state index in [4.69, 9.17) is 18.9 Å². The molecule has 260 valence electrons. The van der Waals surface area contributed by atoms with Crippen LogP contribution in [0, 0.1) is 0 Å². The lowest BCUT2D eigenvalue weighted by Crippen LogP contribution is -2.07. The van der Waals surface area contributed by atoms with E-state index in [1.54, 1.807) is 6.07 Å². The lowest BCUT2D eigenvalue weighted by Gasteiger charge is -2.16. The van der Waals surface area contributed by atoms with Gasteiger partial charge in [0.1, 0.15) is 17.2 Å². The molecule has 0 aliphatic heterocycles. The van der Waals surface area contributed by atoms with Crippen LogP contribution in [-0.2, 0) is 44.7 Å². The number of hydrogen-bond donors (Lipinski definition) is 1. The van der Waals surface area contributed by atoms with Gasteiger partial charge in [0.05, 0.1) is 33.0 Å². The largest absolute Gasteiger partial charge is 0.507 e. The van der Waals surface area contributed by atoms with Gasteiger partial charge < -0.3 is 24.1 Å². The number of aromatic hydroxyl groups is 1. The standard InChI is InChI=1S/C40H52O8/c1-30(41)33-24-26-37(35(40(33)44)21-14-18-31-16-8-6-9-17-31)48-28-12-5-4-10-19-32-20-15-22-36(34(32)25-27-39(43)46-3)47-29-13-7-11-23-38(42)45-2/h6,8-9,15-17,20,22,24,26,44H,4-5,7,10-14,18-19,21,23,25,27-29H2,1-3H3. The minimum atomic E-state index is -0.248. The number of hydrogen-bond acceptors (Lipinski definition) is 8. The van der Waals surface area contributed by atoms with Crippen LogP contribution in [0.1, 0.15) is 104 Å². The van der Waals surface area contributed by atoms with Crippen molar-refractivity contribution in [3.8, 4) is 17.2 Å². The average molecular weight is 661 g/mol. The molecule has 0 aliphatic rings. The number of esters is 2. The van der Waals surface area contributed by atoms with Gasteiger partial charge in [0.2, 0.25) is 0 Å². The Hall–Kier alpha value is -4.33. The number of unbranched alkanes of at least 4 members (excludes halogenated alkanes) is 5. The molecule has 0 bridgehead atoms. The van der Waals surface area contributed by atoms with Crippen molar-refractivity contribution in [3.05, 3.63) is 88.5 Å². The van der Waals surface area contributed by atoms with E-state index in [1.165, 1.54) is 32.3 Å². The summed E-state index contributed by atoms with van der Waals surface area (Å²) in [6.07, 6.45) is 10.8. The SMILES string of the molecule is COC(=O)CCCCCOc1cccc(CCCCCCOc2ccc(C(C)=O)c(O)c2CCCc2ccccc2)c1CCC(=O)OC. The third-order valence-corrected chi connectivity index (χ3v) is 8.50. The fraction of sp³-hybridized carbons (Fsp3) is 0.475. The van der Waals surface area contributed by atoms with Gasteiger partial charge in [-0.2, -0.15) is 0 Å². The number of ether oxygens (including phenoxy) is 4. The number of ketones is 1. The molecule has 0 aliphatic carbocycles. The second-order valence-corrected chi connectivity index (χ2v) is 12.1. The number of carbonyl (C=O) groups excluding carboxylic acids is 3. The molecule has 8 nitrogen and oxygen atoms in total. The Balaban J connectivity index is 1.49.